The predicted molar refractivity (Wildman–Crippen MR) is 115 cm³/mol. The van der Waals surface area contributed by atoms with Gasteiger partial charge in [-0.2, -0.15) is 0 Å². The third kappa shape index (κ3) is 5.23. The summed E-state index contributed by atoms with van der Waals surface area (Å²) >= 11 is 0. The van der Waals surface area contributed by atoms with E-state index < -0.39 is 9.85 Å². The second-order valence-corrected chi connectivity index (χ2v) is 6.51. The number of hydrogen-bond acceptors (Lipinski definition) is 4. The SMILES string of the molecule is Cc1cc(C=Cc2ccc([N+](=O)[O-])cc2)cc(C=Cc2ccccc2[N+](=O)[O-])c1. The lowest BCUT2D eigenvalue weighted by atomic mass is 10.0. The van der Waals surface area contributed by atoms with Crippen LogP contribution in [0.2, 0.25) is 0 Å². The average molecular weight is 386 g/mol. The van der Waals surface area contributed by atoms with Gasteiger partial charge in [0.25, 0.3) is 11.4 Å². The number of rotatable bonds is 6. The van der Waals surface area contributed by atoms with E-state index in [1.165, 1.54) is 18.2 Å². The van der Waals surface area contributed by atoms with Gasteiger partial charge in [0.05, 0.1) is 15.4 Å². The first-order valence-electron chi connectivity index (χ1n) is 8.88. The Morgan fingerprint density at radius 2 is 1.28 bits per heavy atom. The van der Waals surface area contributed by atoms with Crippen LogP contribution in [0, 0.1) is 27.2 Å². The highest BCUT2D eigenvalue weighted by Crippen LogP contribution is 2.22. The number of benzene rings is 3. The van der Waals surface area contributed by atoms with Crippen molar-refractivity contribution < 1.29 is 9.85 Å². The van der Waals surface area contributed by atoms with E-state index in [4.69, 9.17) is 0 Å². The summed E-state index contributed by atoms with van der Waals surface area (Å²) in [4.78, 5) is 21.1. The summed E-state index contributed by atoms with van der Waals surface area (Å²) in [6, 6.07) is 18.9. The number of aryl methyl sites for hydroxylation is 1. The number of nitrogens with zero attached hydrogens (tertiary/aromatic N) is 2. The van der Waals surface area contributed by atoms with Crippen molar-refractivity contribution in [3.63, 3.8) is 0 Å². The van der Waals surface area contributed by atoms with Crippen molar-refractivity contribution in [2.45, 2.75) is 6.92 Å². The second kappa shape index (κ2) is 8.75. The van der Waals surface area contributed by atoms with Crippen LogP contribution in [0.25, 0.3) is 24.3 Å². The van der Waals surface area contributed by atoms with Crippen molar-refractivity contribution in [2.75, 3.05) is 0 Å². The highest BCUT2D eigenvalue weighted by Gasteiger charge is 2.09. The van der Waals surface area contributed by atoms with E-state index in [-0.39, 0.29) is 11.4 Å². The van der Waals surface area contributed by atoms with Gasteiger partial charge in [0.1, 0.15) is 0 Å². The van der Waals surface area contributed by atoms with Crippen LogP contribution in [0.5, 0.6) is 0 Å². The minimum absolute atomic E-state index is 0.0557. The fraction of sp³-hybridized carbons (Fsp3) is 0.0435. The second-order valence-electron chi connectivity index (χ2n) is 6.51. The molecule has 6 heteroatoms. The monoisotopic (exact) mass is 386 g/mol. The first-order valence-corrected chi connectivity index (χ1v) is 8.88. The van der Waals surface area contributed by atoms with E-state index in [9.17, 15) is 20.2 Å². The van der Waals surface area contributed by atoms with Crippen molar-refractivity contribution in [2.24, 2.45) is 0 Å². The molecule has 0 bridgehead atoms. The molecule has 0 unspecified atom stereocenters. The number of hydrogen-bond donors (Lipinski definition) is 0. The molecule has 0 aromatic heterocycles. The van der Waals surface area contributed by atoms with Gasteiger partial charge in [-0.15, -0.1) is 0 Å². The van der Waals surface area contributed by atoms with Crippen LogP contribution in [0.4, 0.5) is 11.4 Å². The first-order chi connectivity index (χ1) is 13.9. The number of nitro groups is 2. The van der Waals surface area contributed by atoms with Crippen LogP contribution in [0.1, 0.15) is 27.8 Å². The molecule has 0 saturated carbocycles. The maximum Gasteiger partial charge on any atom is 0.276 e. The molecule has 0 spiro atoms. The van der Waals surface area contributed by atoms with Crippen molar-refractivity contribution in [3.8, 4) is 0 Å². The summed E-state index contributed by atoms with van der Waals surface area (Å²) in [7, 11) is 0. The maximum atomic E-state index is 11.1. The Kier molecular flexibility index (Phi) is 5.94. The van der Waals surface area contributed by atoms with Gasteiger partial charge in [-0.1, -0.05) is 42.5 Å². The molecular weight excluding hydrogens is 368 g/mol. The largest absolute Gasteiger partial charge is 0.276 e. The standard InChI is InChI=1S/C23H18N2O4/c1-17-14-19(7-6-18-9-12-22(13-10-18)24(26)27)16-20(15-17)8-11-21-4-2-3-5-23(21)25(28)29/h2-16H,1H3. The fourth-order valence-corrected chi connectivity index (χ4v) is 2.92. The maximum absolute atomic E-state index is 11.1. The minimum atomic E-state index is -0.427. The first kappa shape index (κ1) is 19.7. The summed E-state index contributed by atoms with van der Waals surface area (Å²) < 4.78 is 0. The van der Waals surface area contributed by atoms with Crippen molar-refractivity contribution in [1.29, 1.82) is 0 Å². The molecule has 0 atom stereocenters. The molecule has 3 aromatic carbocycles. The van der Waals surface area contributed by atoms with Gasteiger partial charge in [-0.25, -0.2) is 0 Å². The molecular formula is C23H18N2O4. The predicted octanol–water partition coefficient (Wildman–Crippen LogP) is 6.15. The normalized spacial score (nSPS) is 11.2. The Morgan fingerprint density at radius 3 is 1.90 bits per heavy atom. The Hall–Kier alpha value is -4.06. The molecule has 0 fully saturated rings. The molecule has 3 rings (SSSR count). The highest BCUT2D eigenvalue weighted by atomic mass is 16.6. The Bertz CT molecular complexity index is 1120. The van der Waals surface area contributed by atoms with Gasteiger partial charge in [0.15, 0.2) is 0 Å². The van der Waals surface area contributed by atoms with E-state index >= 15 is 0 Å². The van der Waals surface area contributed by atoms with E-state index in [1.807, 2.05) is 43.4 Å². The number of nitro benzene ring substituents is 2. The van der Waals surface area contributed by atoms with Gasteiger partial charge in [0.2, 0.25) is 0 Å². The topological polar surface area (TPSA) is 86.3 Å². The third-order valence-corrected chi connectivity index (χ3v) is 4.28. The fourth-order valence-electron chi connectivity index (χ4n) is 2.92. The lowest BCUT2D eigenvalue weighted by Gasteiger charge is -2.02. The zero-order chi connectivity index (χ0) is 20.8. The smallest absolute Gasteiger partial charge is 0.258 e. The summed E-state index contributed by atoms with van der Waals surface area (Å²) in [5.41, 5.74) is 4.46. The van der Waals surface area contributed by atoms with Crippen LogP contribution in [-0.4, -0.2) is 9.85 Å². The quantitative estimate of drug-likeness (QED) is 0.289. The van der Waals surface area contributed by atoms with E-state index in [0.717, 1.165) is 22.3 Å². The van der Waals surface area contributed by atoms with E-state index in [1.54, 1.807) is 36.4 Å². The van der Waals surface area contributed by atoms with Gasteiger partial charge < -0.3 is 0 Å². The zero-order valence-electron chi connectivity index (χ0n) is 15.7. The molecule has 0 saturated heterocycles. The van der Waals surface area contributed by atoms with E-state index in [2.05, 4.69) is 0 Å². The lowest BCUT2D eigenvalue weighted by Crippen LogP contribution is -1.90. The summed E-state index contributed by atoms with van der Waals surface area (Å²) in [5.74, 6) is 0. The number of para-hydroxylation sites is 1. The van der Waals surface area contributed by atoms with Crippen molar-refractivity contribution in [3.05, 3.63) is 115 Å². The van der Waals surface area contributed by atoms with Crippen LogP contribution in [0.15, 0.2) is 66.7 Å². The van der Waals surface area contributed by atoms with Crippen molar-refractivity contribution >= 4 is 35.7 Å². The van der Waals surface area contributed by atoms with Crippen molar-refractivity contribution in [1.82, 2.24) is 0 Å². The van der Waals surface area contributed by atoms with Gasteiger partial charge in [0, 0.05) is 18.2 Å². The minimum Gasteiger partial charge on any atom is -0.258 e. The molecule has 3 aromatic rings. The number of non-ortho nitro benzene ring substituents is 1. The molecule has 0 aliphatic rings. The Labute approximate surface area is 167 Å². The molecule has 0 N–H and O–H groups in total. The molecule has 0 radical (unpaired) electrons. The Morgan fingerprint density at radius 1 is 0.690 bits per heavy atom. The highest BCUT2D eigenvalue weighted by molar-refractivity contribution is 5.77. The van der Waals surface area contributed by atoms with Crippen LogP contribution >= 0.6 is 0 Å². The third-order valence-electron chi connectivity index (χ3n) is 4.28. The van der Waals surface area contributed by atoms with Crippen LogP contribution < -0.4 is 0 Å². The zero-order valence-corrected chi connectivity index (χ0v) is 15.7. The summed E-state index contributed by atoms with van der Waals surface area (Å²) in [5, 5.41) is 21.9. The van der Waals surface area contributed by atoms with Gasteiger partial charge in [-0.3, -0.25) is 20.2 Å². The van der Waals surface area contributed by atoms with Crippen LogP contribution in [-0.2, 0) is 0 Å². The molecule has 144 valence electrons. The average Bonchev–Trinajstić information content (AvgIpc) is 2.71. The summed E-state index contributed by atoms with van der Waals surface area (Å²) in [6.45, 7) is 1.98. The van der Waals surface area contributed by atoms with Gasteiger partial charge >= 0.3 is 0 Å². The van der Waals surface area contributed by atoms with E-state index in [0.29, 0.717) is 5.56 Å². The lowest BCUT2D eigenvalue weighted by molar-refractivity contribution is -0.385. The molecule has 0 aliphatic carbocycles. The summed E-state index contributed by atoms with van der Waals surface area (Å²) in [6.07, 6.45) is 7.39. The van der Waals surface area contributed by atoms with Gasteiger partial charge in [-0.05, 0) is 59.5 Å². The molecule has 0 heterocycles. The molecule has 29 heavy (non-hydrogen) atoms. The molecule has 6 nitrogen and oxygen atoms in total. The van der Waals surface area contributed by atoms with Crippen LogP contribution in [0.3, 0.4) is 0 Å². The molecule has 0 aliphatic heterocycles. The molecule has 0 amide bonds. The Balaban J connectivity index is 1.83.